The Morgan fingerprint density at radius 3 is 2.70 bits per heavy atom. The van der Waals surface area contributed by atoms with Crippen molar-refractivity contribution in [3.63, 3.8) is 0 Å². The molecule has 0 saturated carbocycles. The Bertz CT molecular complexity index is 617. The van der Waals surface area contributed by atoms with Gasteiger partial charge in [-0.3, -0.25) is 4.79 Å². The molecule has 0 saturated heterocycles. The van der Waals surface area contributed by atoms with Gasteiger partial charge in [-0.2, -0.15) is 0 Å². The van der Waals surface area contributed by atoms with Gasteiger partial charge in [0.1, 0.15) is 4.32 Å². The van der Waals surface area contributed by atoms with Crippen LogP contribution in [0.25, 0.3) is 10.9 Å². The van der Waals surface area contributed by atoms with Gasteiger partial charge in [0.25, 0.3) is 0 Å². The molecular formula is C15H18N2OS2. The zero-order chi connectivity index (χ0) is 14.5. The van der Waals surface area contributed by atoms with Crippen molar-refractivity contribution >= 4 is 45.0 Å². The van der Waals surface area contributed by atoms with Gasteiger partial charge in [0.2, 0.25) is 0 Å². The zero-order valence-corrected chi connectivity index (χ0v) is 13.3. The molecule has 106 valence electrons. The van der Waals surface area contributed by atoms with Gasteiger partial charge in [-0.25, -0.2) is 0 Å². The standard InChI is InChI=1S/C15H18N2OS2/c1-3-17(4-2)15(19)20-10-14(18)12-9-16-13-8-6-5-7-11(12)13/h5-9,16H,3-4,10H2,1-2H3. The summed E-state index contributed by atoms with van der Waals surface area (Å²) in [5, 5.41) is 0.979. The van der Waals surface area contributed by atoms with Crippen LogP contribution < -0.4 is 0 Å². The van der Waals surface area contributed by atoms with Gasteiger partial charge in [0, 0.05) is 35.8 Å². The van der Waals surface area contributed by atoms with E-state index in [2.05, 4.69) is 23.7 Å². The summed E-state index contributed by atoms with van der Waals surface area (Å²) in [5.41, 5.74) is 1.74. The highest BCUT2D eigenvalue weighted by molar-refractivity contribution is 8.23. The maximum Gasteiger partial charge on any atom is 0.175 e. The first-order valence-electron chi connectivity index (χ1n) is 6.68. The fourth-order valence-corrected chi connectivity index (χ4v) is 3.37. The fraction of sp³-hybridized carbons (Fsp3) is 0.333. The van der Waals surface area contributed by atoms with E-state index in [1.54, 1.807) is 6.20 Å². The number of carbonyl (C=O) groups is 1. The first-order chi connectivity index (χ1) is 9.67. The average molecular weight is 306 g/mol. The first-order valence-corrected chi connectivity index (χ1v) is 8.07. The number of thioether (sulfide) groups is 1. The molecule has 0 aliphatic heterocycles. The van der Waals surface area contributed by atoms with Crippen molar-refractivity contribution in [1.82, 2.24) is 9.88 Å². The van der Waals surface area contributed by atoms with E-state index in [1.807, 2.05) is 24.3 Å². The molecule has 0 radical (unpaired) electrons. The van der Waals surface area contributed by atoms with Gasteiger partial charge in [0.05, 0.1) is 5.75 Å². The van der Waals surface area contributed by atoms with E-state index in [-0.39, 0.29) is 5.78 Å². The fourth-order valence-electron chi connectivity index (χ4n) is 2.08. The number of H-pyrrole nitrogens is 1. The van der Waals surface area contributed by atoms with Crippen molar-refractivity contribution in [3.8, 4) is 0 Å². The number of carbonyl (C=O) groups excluding carboxylic acids is 1. The first kappa shape index (κ1) is 15.1. The van der Waals surface area contributed by atoms with E-state index < -0.39 is 0 Å². The van der Waals surface area contributed by atoms with Crippen LogP contribution in [0.1, 0.15) is 24.2 Å². The molecule has 2 rings (SSSR count). The summed E-state index contributed by atoms with van der Waals surface area (Å²) in [7, 11) is 0. The van der Waals surface area contributed by atoms with Crippen LogP contribution in [0.4, 0.5) is 0 Å². The van der Waals surface area contributed by atoms with Crippen molar-refractivity contribution in [1.29, 1.82) is 0 Å². The van der Waals surface area contributed by atoms with Crippen LogP contribution in [0.5, 0.6) is 0 Å². The number of aromatic amines is 1. The van der Waals surface area contributed by atoms with E-state index in [1.165, 1.54) is 11.8 Å². The predicted octanol–water partition coefficient (Wildman–Crippen LogP) is 3.71. The van der Waals surface area contributed by atoms with Crippen molar-refractivity contribution in [2.45, 2.75) is 13.8 Å². The molecule has 0 aliphatic rings. The summed E-state index contributed by atoms with van der Waals surface area (Å²) in [4.78, 5) is 17.5. The lowest BCUT2D eigenvalue weighted by Gasteiger charge is -2.20. The van der Waals surface area contributed by atoms with E-state index in [9.17, 15) is 4.79 Å². The Hall–Kier alpha value is -1.33. The monoisotopic (exact) mass is 306 g/mol. The zero-order valence-electron chi connectivity index (χ0n) is 11.7. The molecule has 0 aliphatic carbocycles. The summed E-state index contributed by atoms with van der Waals surface area (Å²) in [5.74, 6) is 0.499. The van der Waals surface area contributed by atoms with Crippen molar-refractivity contribution < 1.29 is 4.79 Å². The molecule has 0 bridgehead atoms. The van der Waals surface area contributed by atoms with E-state index in [0.717, 1.165) is 33.9 Å². The van der Waals surface area contributed by atoms with Crippen molar-refractivity contribution in [2.75, 3.05) is 18.8 Å². The summed E-state index contributed by atoms with van der Waals surface area (Å²) < 4.78 is 0.795. The Labute approximate surface area is 128 Å². The van der Waals surface area contributed by atoms with Gasteiger partial charge >= 0.3 is 0 Å². The van der Waals surface area contributed by atoms with Crippen LogP contribution in [0.2, 0.25) is 0 Å². The highest BCUT2D eigenvalue weighted by Gasteiger charge is 2.14. The molecule has 5 heteroatoms. The number of nitrogens with one attached hydrogen (secondary N) is 1. The summed E-state index contributed by atoms with van der Waals surface area (Å²) in [6, 6.07) is 7.84. The predicted molar refractivity (Wildman–Crippen MR) is 90.6 cm³/mol. The molecule has 1 heterocycles. The number of benzene rings is 1. The third kappa shape index (κ3) is 3.22. The molecule has 1 aromatic heterocycles. The van der Waals surface area contributed by atoms with Gasteiger partial charge in [0.15, 0.2) is 5.78 Å². The maximum absolute atomic E-state index is 12.3. The van der Waals surface area contributed by atoms with E-state index >= 15 is 0 Å². The molecule has 3 nitrogen and oxygen atoms in total. The minimum atomic E-state index is 0.113. The van der Waals surface area contributed by atoms with Crippen LogP contribution in [-0.2, 0) is 0 Å². The molecule has 0 amide bonds. The van der Waals surface area contributed by atoms with E-state index in [0.29, 0.717) is 5.75 Å². The minimum Gasteiger partial charge on any atom is -0.360 e. The van der Waals surface area contributed by atoms with E-state index in [4.69, 9.17) is 12.2 Å². The lowest BCUT2D eigenvalue weighted by molar-refractivity contribution is 0.102. The molecule has 0 fully saturated rings. The Morgan fingerprint density at radius 2 is 2.00 bits per heavy atom. The van der Waals surface area contributed by atoms with Gasteiger partial charge < -0.3 is 9.88 Å². The van der Waals surface area contributed by atoms with Crippen LogP contribution >= 0.6 is 24.0 Å². The normalized spacial score (nSPS) is 10.7. The molecule has 0 atom stereocenters. The SMILES string of the molecule is CCN(CC)C(=S)SCC(=O)c1c[nH]c2ccccc12. The minimum absolute atomic E-state index is 0.113. The average Bonchev–Trinajstić information content (AvgIpc) is 2.90. The molecule has 0 unspecified atom stereocenters. The number of hydrogen-bond donors (Lipinski definition) is 1. The van der Waals surface area contributed by atoms with Crippen LogP contribution in [0.15, 0.2) is 30.5 Å². The maximum atomic E-state index is 12.3. The largest absolute Gasteiger partial charge is 0.360 e. The summed E-state index contributed by atoms with van der Waals surface area (Å²) >= 11 is 6.79. The summed E-state index contributed by atoms with van der Waals surface area (Å²) in [6.45, 7) is 5.89. The number of fused-ring (bicyclic) bond motifs is 1. The molecule has 1 N–H and O–H groups in total. The quantitative estimate of drug-likeness (QED) is 0.675. The van der Waals surface area contributed by atoms with Crippen LogP contribution in [-0.4, -0.2) is 38.8 Å². The second kappa shape index (κ2) is 6.90. The summed E-state index contributed by atoms with van der Waals surface area (Å²) in [6.07, 6.45) is 1.79. The Morgan fingerprint density at radius 1 is 1.30 bits per heavy atom. The van der Waals surface area contributed by atoms with Crippen LogP contribution in [0.3, 0.4) is 0 Å². The number of rotatable bonds is 5. The molecule has 0 spiro atoms. The molecule has 2 aromatic rings. The van der Waals surface area contributed by atoms with Crippen LogP contribution in [0, 0.1) is 0 Å². The number of hydrogen-bond acceptors (Lipinski definition) is 3. The highest BCUT2D eigenvalue weighted by atomic mass is 32.2. The second-order valence-electron chi connectivity index (χ2n) is 4.40. The molecular weight excluding hydrogens is 288 g/mol. The third-order valence-electron chi connectivity index (χ3n) is 3.24. The topological polar surface area (TPSA) is 36.1 Å². The smallest absolute Gasteiger partial charge is 0.175 e. The molecule has 20 heavy (non-hydrogen) atoms. The van der Waals surface area contributed by atoms with Gasteiger partial charge in [-0.15, -0.1) is 0 Å². The number of para-hydroxylation sites is 1. The second-order valence-corrected chi connectivity index (χ2v) is 6.01. The van der Waals surface area contributed by atoms with Gasteiger partial charge in [-0.05, 0) is 19.9 Å². The number of aromatic nitrogens is 1. The van der Waals surface area contributed by atoms with Crippen molar-refractivity contribution in [3.05, 3.63) is 36.0 Å². The number of Topliss-reactive ketones (excluding diaryl/α,β-unsaturated/α-hetero) is 1. The number of ketones is 1. The lowest BCUT2D eigenvalue weighted by atomic mass is 10.1. The number of nitrogens with zero attached hydrogens (tertiary/aromatic N) is 1. The number of thiocarbonyl (C=S) groups is 1. The van der Waals surface area contributed by atoms with Gasteiger partial charge in [-0.1, -0.05) is 42.2 Å². The third-order valence-corrected chi connectivity index (χ3v) is 4.76. The lowest BCUT2D eigenvalue weighted by Crippen LogP contribution is -2.27. The van der Waals surface area contributed by atoms with Crippen molar-refractivity contribution in [2.24, 2.45) is 0 Å². The highest BCUT2D eigenvalue weighted by Crippen LogP contribution is 2.20. The Kier molecular flexibility index (Phi) is 5.20. The molecule has 1 aromatic carbocycles. The Balaban J connectivity index is 2.04.